The van der Waals surface area contributed by atoms with E-state index in [-0.39, 0.29) is 6.42 Å². The van der Waals surface area contributed by atoms with Crippen LogP contribution in [0.15, 0.2) is 42.5 Å². The van der Waals surface area contributed by atoms with Gasteiger partial charge in [-0.3, -0.25) is 14.2 Å². The molecule has 12 heteroatoms. The molecule has 1 aromatic rings. The molecule has 0 amide bonds. The maximum atomic E-state index is 14.4. The molecule has 0 bridgehead atoms. The third-order valence-electron chi connectivity index (χ3n) is 7.71. The van der Waals surface area contributed by atoms with Crippen molar-refractivity contribution in [2.75, 3.05) is 7.11 Å². The Morgan fingerprint density at radius 1 is 0.841 bits per heavy atom. The van der Waals surface area contributed by atoms with Crippen molar-refractivity contribution >= 4 is 19.2 Å². The van der Waals surface area contributed by atoms with Gasteiger partial charge in [0.05, 0.1) is 0 Å². The molecule has 0 aromatic heterocycles. The van der Waals surface area contributed by atoms with Crippen LogP contribution in [-0.2, 0) is 24.5 Å². The molecular formula is C32H48F5O6P. The fraction of sp³-hybridized carbons (Fsp3) is 0.688. The number of methoxy groups -OCH3 is 1. The summed E-state index contributed by atoms with van der Waals surface area (Å²) in [6.07, 6.45) is 8.94. The van der Waals surface area contributed by atoms with Crippen molar-refractivity contribution in [3.05, 3.63) is 48.0 Å². The highest BCUT2D eigenvalue weighted by molar-refractivity contribution is 7.53. The first kappa shape index (κ1) is 40.1. The van der Waals surface area contributed by atoms with E-state index in [2.05, 4.69) is 23.8 Å². The first-order chi connectivity index (χ1) is 20.6. The molecule has 2 N–H and O–H groups in total. The molecule has 0 unspecified atom stereocenters. The Morgan fingerprint density at radius 2 is 1.34 bits per heavy atom. The molecule has 0 saturated heterocycles. The lowest BCUT2D eigenvalue weighted by molar-refractivity contribution is -0.267. The molecule has 0 fully saturated rings. The van der Waals surface area contributed by atoms with E-state index in [9.17, 15) is 36.1 Å². The predicted octanol–water partition coefficient (Wildman–Crippen LogP) is 9.43. The van der Waals surface area contributed by atoms with Gasteiger partial charge in [-0.15, -0.1) is 0 Å². The number of alkyl halides is 5. The average molecular weight is 655 g/mol. The molecule has 0 saturated carbocycles. The van der Waals surface area contributed by atoms with E-state index >= 15 is 0 Å². The summed E-state index contributed by atoms with van der Waals surface area (Å²) in [5, 5.41) is 0. The number of halogens is 5. The lowest BCUT2D eigenvalue weighted by Crippen LogP contribution is -2.54. The highest BCUT2D eigenvalue weighted by Crippen LogP contribution is 2.57. The van der Waals surface area contributed by atoms with Crippen LogP contribution in [0.25, 0.3) is 0 Å². The Kier molecular flexibility index (Phi) is 17.8. The molecule has 0 aliphatic carbocycles. The Hall–Kier alpha value is -1.94. The minimum atomic E-state index is -6.16. The van der Waals surface area contributed by atoms with Crippen LogP contribution in [0, 0.1) is 5.92 Å². The van der Waals surface area contributed by atoms with Gasteiger partial charge in [0.25, 0.3) is 0 Å². The number of unbranched alkanes of at least 4 members (excludes halogenated alkanes) is 11. The van der Waals surface area contributed by atoms with Crippen molar-refractivity contribution in [3.8, 4) is 0 Å². The van der Waals surface area contributed by atoms with E-state index in [0.29, 0.717) is 20.0 Å². The van der Waals surface area contributed by atoms with Crippen LogP contribution in [0.1, 0.15) is 115 Å². The van der Waals surface area contributed by atoms with E-state index in [4.69, 9.17) is 9.79 Å². The fourth-order valence-corrected chi connectivity index (χ4v) is 5.64. The summed E-state index contributed by atoms with van der Waals surface area (Å²) in [5.41, 5.74) is -9.25. The van der Waals surface area contributed by atoms with Crippen molar-refractivity contribution in [3.63, 3.8) is 0 Å². The van der Waals surface area contributed by atoms with Crippen LogP contribution >= 0.6 is 7.60 Å². The number of hydrogen-bond acceptors (Lipinski definition) is 4. The highest BCUT2D eigenvalue weighted by Gasteiger charge is 2.64. The first-order valence-corrected chi connectivity index (χ1v) is 17.1. The maximum Gasteiger partial charge on any atom is 0.428 e. The quantitative estimate of drug-likeness (QED) is 0.0499. The SMILES string of the molecule is CCCCCCCC/C=C\CCCCCCCC(=O)C[C@H](CC(F)(F)P(=O)(O)O)C(=O)[C@@](OC)(c1ccccc1)C(F)(F)F. The zero-order chi connectivity index (χ0) is 33.3. The molecule has 252 valence electrons. The van der Waals surface area contributed by atoms with Gasteiger partial charge in [-0.2, -0.15) is 22.0 Å². The van der Waals surface area contributed by atoms with Crippen molar-refractivity contribution in [2.24, 2.45) is 5.92 Å². The van der Waals surface area contributed by atoms with Gasteiger partial charge in [0.15, 0.2) is 5.78 Å². The zero-order valence-corrected chi connectivity index (χ0v) is 26.7. The average Bonchev–Trinajstić information content (AvgIpc) is 2.94. The number of hydrogen-bond donors (Lipinski definition) is 2. The van der Waals surface area contributed by atoms with Crippen molar-refractivity contribution in [2.45, 2.75) is 127 Å². The second-order valence-electron chi connectivity index (χ2n) is 11.3. The second kappa shape index (κ2) is 19.5. The number of rotatable bonds is 24. The molecule has 2 atom stereocenters. The summed E-state index contributed by atoms with van der Waals surface area (Å²) >= 11 is 0. The molecule has 44 heavy (non-hydrogen) atoms. The Morgan fingerprint density at radius 3 is 1.82 bits per heavy atom. The normalized spacial score (nSPS) is 14.9. The topological polar surface area (TPSA) is 101 Å². The van der Waals surface area contributed by atoms with Crippen molar-refractivity contribution < 1.29 is 50.6 Å². The van der Waals surface area contributed by atoms with Crippen LogP contribution in [0.3, 0.4) is 0 Å². The van der Waals surface area contributed by atoms with E-state index in [0.717, 1.165) is 44.2 Å². The smallest absolute Gasteiger partial charge is 0.358 e. The Balaban J connectivity index is 2.75. The minimum absolute atomic E-state index is 0.166. The van der Waals surface area contributed by atoms with Crippen LogP contribution < -0.4 is 0 Å². The van der Waals surface area contributed by atoms with Gasteiger partial charge in [0.2, 0.25) is 5.60 Å². The number of benzene rings is 1. The monoisotopic (exact) mass is 654 g/mol. The van der Waals surface area contributed by atoms with Gasteiger partial charge in [0.1, 0.15) is 5.78 Å². The van der Waals surface area contributed by atoms with Crippen molar-refractivity contribution in [1.82, 2.24) is 0 Å². The molecular weight excluding hydrogens is 606 g/mol. The van der Waals surface area contributed by atoms with E-state index in [1.807, 2.05) is 0 Å². The molecule has 1 aromatic carbocycles. The number of carbonyl (C=O) groups is 2. The van der Waals surface area contributed by atoms with Crippen LogP contribution in [-0.4, -0.2) is 40.3 Å². The van der Waals surface area contributed by atoms with E-state index in [1.165, 1.54) is 56.7 Å². The van der Waals surface area contributed by atoms with Crippen molar-refractivity contribution in [1.29, 1.82) is 0 Å². The third kappa shape index (κ3) is 12.8. The van der Waals surface area contributed by atoms with Gasteiger partial charge >= 0.3 is 19.4 Å². The lowest BCUT2D eigenvalue weighted by atomic mass is 9.78. The predicted molar refractivity (Wildman–Crippen MR) is 160 cm³/mol. The molecule has 0 spiro atoms. The van der Waals surface area contributed by atoms with Gasteiger partial charge in [-0.25, -0.2) is 0 Å². The Bertz CT molecular complexity index is 1060. The second-order valence-corrected chi connectivity index (χ2v) is 13.0. The summed E-state index contributed by atoms with van der Waals surface area (Å²) in [6.45, 7) is 2.19. The highest BCUT2D eigenvalue weighted by atomic mass is 31.2. The fourth-order valence-electron chi connectivity index (χ4n) is 5.18. The van der Waals surface area contributed by atoms with Gasteiger partial charge in [-0.05, 0) is 32.1 Å². The van der Waals surface area contributed by atoms with Crippen LogP contribution in [0.2, 0.25) is 0 Å². The molecule has 0 aliphatic heterocycles. The largest absolute Gasteiger partial charge is 0.428 e. The number of ketones is 2. The number of ether oxygens (including phenoxy) is 1. The van der Waals surface area contributed by atoms with Crippen LogP contribution in [0.4, 0.5) is 22.0 Å². The summed E-state index contributed by atoms with van der Waals surface area (Å²) in [4.78, 5) is 44.3. The molecule has 0 radical (unpaired) electrons. The molecule has 1 rings (SSSR count). The maximum absolute atomic E-state index is 14.4. The molecule has 0 aliphatic rings. The summed E-state index contributed by atoms with van der Waals surface area (Å²) in [7, 11) is -5.57. The van der Waals surface area contributed by atoms with Gasteiger partial charge in [-0.1, -0.05) is 101 Å². The lowest BCUT2D eigenvalue weighted by Gasteiger charge is -2.36. The summed E-state index contributed by atoms with van der Waals surface area (Å²) in [6, 6.07) is 5.63. The minimum Gasteiger partial charge on any atom is -0.358 e. The zero-order valence-electron chi connectivity index (χ0n) is 25.8. The first-order valence-electron chi connectivity index (χ1n) is 15.5. The van der Waals surface area contributed by atoms with Gasteiger partial charge < -0.3 is 14.5 Å². The number of carbonyl (C=O) groups excluding carboxylic acids is 2. The van der Waals surface area contributed by atoms with E-state index < -0.39 is 60.9 Å². The van der Waals surface area contributed by atoms with E-state index in [1.54, 1.807) is 0 Å². The molecule has 0 heterocycles. The number of allylic oxidation sites excluding steroid dienone is 2. The standard InChI is InChI=1S/C32H48F5O6P/c1-3-4-5-6-7-8-9-10-11-12-13-14-15-16-20-23-28(38)24-26(25-30(33,34)44(40,41)42)29(39)31(43-2,32(35,36)37)27-21-18-17-19-22-27/h10-11,17-19,21-22,26H,3-9,12-16,20,23-25H2,1-2H3,(H2,40,41,42)/b11-10-/t26-,31+/m1/s1. The van der Waals surface area contributed by atoms with Gasteiger partial charge in [0, 0.05) is 37.9 Å². The molecule has 6 nitrogen and oxygen atoms in total. The number of Topliss-reactive ketones (excluding diaryl/α,β-unsaturated/α-hetero) is 2. The summed E-state index contributed by atoms with van der Waals surface area (Å²) < 4.78 is 88.1. The third-order valence-corrected chi connectivity index (χ3v) is 8.75. The van der Waals surface area contributed by atoms with Crippen LogP contribution in [0.5, 0.6) is 0 Å². The Labute approximate surface area is 258 Å². The summed E-state index contributed by atoms with van der Waals surface area (Å²) in [5.74, 6) is -5.03.